The van der Waals surface area contributed by atoms with E-state index in [1.165, 1.54) is 12.8 Å². The van der Waals surface area contributed by atoms with Crippen molar-refractivity contribution < 1.29 is 9.59 Å². The third kappa shape index (κ3) is 4.36. The molecule has 0 radical (unpaired) electrons. The third-order valence-corrected chi connectivity index (χ3v) is 6.31. The predicted octanol–water partition coefficient (Wildman–Crippen LogP) is 4.63. The summed E-state index contributed by atoms with van der Waals surface area (Å²) < 4.78 is 0. The summed E-state index contributed by atoms with van der Waals surface area (Å²) in [4.78, 5) is 30.6. The number of piperazine rings is 1. The summed E-state index contributed by atoms with van der Waals surface area (Å²) in [6.07, 6.45) is 6.77. The van der Waals surface area contributed by atoms with Gasteiger partial charge in [-0.1, -0.05) is 85.8 Å². The van der Waals surface area contributed by atoms with E-state index >= 15 is 0 Å². The summed E-state index contributed by atoms with van der Waals surface area (Å²) in [7, 11) is 0. The predicted molar refractivity (Wildman–Crippen MR) is 114 cm³/mol. The highest BCUT2D eigenvalue weighted by Gasteiger charge is 2.42. The Kier molecular flexibility index (Phi) is 5.98. The molecule has 2 fully saturated rings. The van der Waals surface area contributed by atoms with E-state index in [0.29, 0.717) is 6.54 Å². The smallest absolute Gasteiger partial charge is 0.250 e. The minimum atomic E-state index is -0.541. The van der Waals surface area contributed by atoms with Crippen LogP contribution in [0.1, 0.15) is 61.3 Å². The maximum atomic E-state index is 13.7. The van der Waals surface area contributed by atoms with Crippen molar-refractivity contribution in [2.24, 2.45) is 0 Å². The Balaban J connectivity index is 1.66. The number of hydrogen-bond acceptors (Lipinski definition) is 2. The Morgan fingerprint density at radius 3 is 2.17 bits per heavy atom. The van der Waals surface area contributed by atoms with Crippen LogP contribution in [0.5, 0.6) is 0 Å². The summed E-state index contributed by atoms with van der Waals surface area (Å²) in [6.45, 7) is 2.71. The first-order valence-corrected chi connectivity index (χ1v) is 10.8. The van der Waals surface area contributed by atoms with Crippen molar-refractivity contribution in [3.05, 3.63) is 71.3 Å². The van der Waals surface area contributed by atoms with Gasteiger partial charge in [0.15, 0.2) is 0 Å². The second-order valence-corrected chi connectivity index (χ2v) is 8.43. The highest BCUT2D eigenvalue weighted by Crippen LogP contribution is 2.33. The van der Waals surface area contributed by atoms with Gasteiger partial charge in [-0.3, -0.25) is 9.59 Å². The molecule has 29 heavy (non-hydrogen) atoms. The van der Waals surface area contributed by atoms with Crippen LogP contribution in [0.3, 0.4) is 0 Å². The molecule has 1 aliphatic heterocycles. The highest BCUT2D eigenvalue weighted by molar-refractivity contribution is 5.95. The van der Waals surface area contributed by atoms with Gasteiger partial charge >= 0.3 is 0 Å². The van der Waals surface area contributed by atoms with Crippen molar-refractivity contribution in [3.8, 4) is 0 Å². The molecular weight excluding hydrogens is 360 g/mol. The topological polar surface area (TPSA) is 40.6 Å². The molecule has 0 unspecified atom stereocenters. The van der Waals surface area contributed by atoms with Crippen LogP contribution in [0.4, 0.5) is 0 Å². The number of nitrogens with zero attached hydrogens (tertiary/aromatic N) is 2. The fraction of sp³-hybridized carbons (Fsp3) is 0.440. The summed E-state index contributed by atoms with van der Waals surface area (Å²) in [5.74, 6) is 0.125. The SMILES string of the molecule is Cc1ccc([C@H]2C(=O)N(C3CCCCCC3)CC(=O)N2Cc2ccccc2)cc1. The van der Waals surface area contributed by atoms with E-state index in [1.54, 1.807) is 4.90 Å². The Bertz CT molecular complexity index is 839. The van der Waals surface area contributed by atoms with Gasteiger partial charge in [-0.25, -0.2) is 0 Å². The molecule has 0 aromatic heterocycles. The van der Waals surface area contributed by atoms with Gasteiger partial charge in [0.2, 0.25) is 5.91 Å². The lowest BCUT2D eigenvalue weighted by molar-refractivity contribution is -0.159. The summed E-state index contributed by atoms with van der Waals surface area (Å²) in [5, 5.41) is 0. The molecule has 0 spiro atoms. The minimum absolute atomic E-state index is 0.0447. The fourth-order valence-corrected chi connectivity index (χ4v) is 4.66. The van der Waals surface area contributed by atoms with E-state index in [9.17, 15) is 9.59 Å². The molecule has 4 nitrogen and oxygen atoms in total. The Morgan fingerprint density at radius 2 is 1.52 bits per heavy atom. The molecule has 4 heteroatoms. The number of aryl methyl sites for hydroxylation is 1. The first-order valence-electron chi connectivity index (χ1n) is 10.8. The molecule has 2 aromatic rings. The van der Waals surface area contributed by atoms with Gasteiger partial charge in [0.05, 0.1) is 0 Å². The second-order valence-electron chi connectivity index (χ2n) is 8.43. The molecule has 0 bridgehead atoms. The molecule has 152 valence electrons. The zero-order chi connectivity index (χ0) is 20.2. The van der Waals surface area contributed by atoms with Gasteiger partial charge < -0.3 is 9.80 Å². The lowest BCUT2D eigenvalue weighted by Gasteiger charge is -2.43. The average Bonchev–Trinajstić information content (AvgIpc) is 3.02. The number of rotatable bonds is 4. The van der Waals surface area contributed by atoms with Crippen LogP contribution in [0.2, 0.25) is 0 Å². The van der Waals surface area contributed by atoms with Gasteiger partial charge in [0.1, 0.15) is 12.6 Å². The van der Waals surface area contributed by atoms with Crippen LogP contribution in [0, 0.1) is 6.92 Å². The van der Waals surface area contributed by atoms with E-state index in [2.05, 4.69) is 0 Å². The summed E-state index contributed by atoms with van der Waals surface area (Å²) in [5.41, 5.74) is 3.11. The quantitative estimate of drug-likeness (QED) is 0.714. The Labute approximate surface area is 173 Å². The van der Waals surface area contributed by atoms with Crippen LogP contribution in [0.25, 0.3) is 0 Å². The molecule has 1 saturated heterocycles. The zero-order valence-corrected chi connectivity index (χ0v) is 17.2. The molecule has 4 rings (SSSR count). The molecule has 1 aliphatic carbocycles. The van der Waals surface area contributed by atoms with Crippen LogP contribution in [-0.4, -0.2) is 34.2 Å². The molecule has 0 N–H and O–H groups in total. The number of amides is 2. The maximum absolute atomic E-state index is 13.7. The second kappa shape index (κ2) is 8.81. The van der Waals surface area contributed by atoms with Gasteiger partial charge in [0, 0.05) is 12.6 Å². The van der Waals surface area contributed by atoms with Crippen molar-refractivity contribution >= 4 is 11.8 Å². The summed E-state index contributed by atoms with van der Waals surface area (Å²) in [6, 6.07) is 17.7. The van der Waals surface area contributed by atoms with Crippen molar-refractivity contribution in [3.63, 3.8) is 0 Å². The minimum Gasteiger partial charge on any atom is -0.328 e. The molecule has 1 saturated carbocycles. The maximum Gasteiger partial charge on any atom is 0.250 e. The van der Waals surface area contributed by atoms with E-state index in [1.807, 2.05) is 66.4 Å². The zero-order valence-electron chi connectivity index (χ0n) is 17.2. The van der Waals surface area contributed by atoms with Crippen molar-refractivity contribution in [2.75, 3.05) is 6.54 Å². The molecule has 2 amide bonds. The largest absolute Gasteiger partial charge is 0.328 e. The molecule has 1 heterocycles. The first kappa shape index (κ1) is 19.7. The highest BCUT2D eigenvalue weighted by atomic mass is 16.2. The molecule has 1 atom stereocenters. The van der Waals surface area contributed by atoms with E-state index < -0.39 is 6.04 Å². The van der Waals surface area contributed by atoms with Crippen molar-refractivity contribution in [1.29, 1.82) is 0 Å². The Hall–Kier alpha value is -2.62. The van der Waals surface area contributed by atoms with Gasteiger partial charge in [-0.2, -0.15) is 0 Å². The van der Waals surface area contributed by atoms with E-state index in [0.717, 1.165) is 42.4 Å². The monoisotopic (exact) mass is 390 g/mol. The fourth-order valence-electron chi connectivity index (χ4n) is 4.66. The van der Waals surface area contributed by atoms with E-state index in [-0.39, 0.29) is 24.4 Å². The lowest BCUT2D eigenvalue weighted by atomic mass is 9.96. The first-order chi connectivity index (χ1) is 14.1. The average molecular weight is 391 g/mol. The van der Waals surface area contributed by atoms with E-state index in [4.69, 9.17) is 0 Å². The van der Waals surface area contributed by atoms with Gasteiger partial charge in [-0.15, -0.1) is 0 Å². The third-order valence-electron chi connectivity index (χ3n) is 6.31. The molecule has 2 aromatic carbocycles. The number of carbonyl (C=O) groups is 2. The molecular formula is C25H30N2O2. The van der Waals surface area contributed by atoms with Crippen LogP contribution in [0.15, 0.2) is 54.6 Å². The Morgan fingerprint density at radius 1 is 0.862 bits per heavy atom. The van der Waals surface area contributed by atoms with Crippen molar-refractivity contribution in [2.45, 2.75) is 64.1 Å². The van der Waals surface area contributed by atoms with Gasteiger partial charge in [-0.05, 0) is 30.9 Å². The van der Waals surface area contributed by atoms with Gasteiger partial charge in [0.25, 0.3) is 5.91 Å². The number of benzene rings is 2. The number of hydrogen-bond donors (Lipinski definition) is 0. The lowest BCUT2D eigenvalue weighted by Crippen LogP contribution is -2.57. The summed E-state index contributed by atoms with van der Waals surface area (Å²) >= 11 is 0. The van der Waals surface area contributed by atoms with Crippen LogP contribution < -0.4 is 0 Å². The normalized spacial score (nSPS) is 21.3. The van der Waals surface area contributed by atoms with Crippen LogP contribution >= 0.6 is 0 Å². The van der Waals surface area contributed by atoms with Crippen molar-refractivity contribution in [1.82, 2.24) is 9.80 Å². The standard InChI is InChI=1S/C25H30N2O2/c1-19-13-15-21(16-14-19)24-25(29)26(22-11-7-2-3-8-12-22)18-23(28)27(24)17-20-9-5-4-6-10-20/h4-6,9-10,13-16,22,24H,2-3,7-8,11-12,17-18H2,1H3/t24-/m0/s1. The number of carbonyl (C=O) groups excluding carboxylic acids is 2. The molecule has 2 aliphatic rings. The van der Waals surface area contributed by atoms with Crippen LogP contribution in [-0.2, 0) is 16.1 Å².